The van der Waals surface area contributed by atoms with Crippen LogP contribution in [-0.2, 0) is 4.74 Å². The first-order valence-corrected chi connectivity index (χ1v) is 18.1. The minimum Gasteiger partial charge on any atom is -0.493 e. The normalized spacial score (nSPS) is 15.8. The van der Waals surface area contributed by atoms with Crippen molar-refractivity contribution in [1.29, 1.82) is 0 Å². The molecule has 2 aliphatic rings. The number of nitrogens with zero attached hydrogens (tertiary/aromatic N) is 1. The summed E-state index contributed by atoms with van der Waals surface area (Å²) in [5.74, 6) is 2.13. The van der Waals surface area contributed by atoms with Crippen LogP contribution in [0.4, 0.5) is 16.2 Å². The molecule has 0 saturated carbocycles. The third kappa shape index (κ3) is 11.4. The highest BCUT2D eigenvalue weighted by Gasteiger charge is 2.21. The number of urea groups is 1. The van der Waals surface area contributed by atoms with Crippen molar-refractivity contribution >= 4 is 23.3 Å². The molecule has 50 heavy (non-hydrogen) atoms. The number of anilines is 2. The van der Waals surface area contributed by atoms with Gasteiger partial charge in [0, 0.05) is 61.4 Å². The van der Waals surface area contributed by atoms with Crippen LogP contribution in [-0.4, -0.2) is 81.5 Å². The van der Waals surface area contributed by atoms with E-state index in [-0.39, 0.29) is 24.1 Å². The fraction of sp³-hybridized carbons (Fsp3) is 0.487. The number of carbonyl (C=O) groups excluding carboxylic acids is 2. The summed E-state index contributed by atoms with van der Waals surface area (Å²) in [5.41, 5.74) is 1.79. The molecule has 0 spiro atoms. The summed E-state index contributed by atoms with van der Waals surface area (Å²) in [6, 6.07) is 20.1. The molecule has 11 nitrogen and oxygen atoms in total. The van der Waals surface area contributed by atoms with Crippen molar-refractivity contribution in [2.75, 3.05) is 57.1 Å². The molecule has 0 aromatic heterocycles. The van der Waals surface area contributed by atoms with Gasteiger partial charge >= 0.3 is 6.03 Å². The van der Waals surface area contributed by atoms with Crippen molar-refractivity contribution in [3.63, 3.8) is 0 Å². The van der Waals surface area contributed by atoms with Gasteiger partial charge in [-0.1, -0.05) is 13.8 Å². The number of hydrogen-bond donors (Lipinski definition) is 4. The second-order valence-electron chi connectivity index (χ2n) is 12.9. The van der Waals surface area contributed by atoms with Gasteiger partial charge in [0.25, 0.3) is 5.91 Å². The average molecular weight is 688 g/mol. The third-order valence-electron chi connectivity index (χ3n) is 9.34. The van der Waals surface area contributed by atoms with Gasteiger partial charge < -0.3 is 45.1 Å². The van der Waals surface area contributed by atoms with E-state index in [9.17, 15) is 9.59 Å². The van der Waals surface area contributed by atoms with Crippen molar-refractivity contribution in [2.45, 2.75) is 77.0 Å². The minimum absolute atomic E-state index is 0.122. The van der Waals surface area contributed by atoms with E-state index in [1.165, 1.54) is 0 Å². The second kappa shape index (κ2) is 19.2. The number of likely N-dealkylation sites (tertiary alicyclic amines) is 1. The van der Waals surface area contributed by atoms with Crippen LogP contribution < -0.4 is 35.5 Å². The lowest BCUT2D eigenvalue weighted by Crippen LogP contribution is -2.40. The fourth-order valence-electron chi connectivity index (χ4n) is 6.25. The number of carbonyl (C=O) groups is 2. The Hall–Kier alpha value is -4.32. The summed E-state index contributed by atoms with van der Waals surface area (Å²) in [4.78, 5) is 27.8. The third-order valence-corrected chi connectivity index (χ3v) is 9.34. The second-order valence-corrected chi connectivity index (χ2v) is 12.9. The van der Waals surface area contributed by atoms with Crippen molar-refractivity contribution in [3.05, 3.63) is 72.3 Å². The molecule has 4 N–H and O–H groups in total. The molecular weight excluding hydrogens is 634 g/mol. The zero-order chi connectivity index (χ0) is 35.1. The summed E-state index contributed by atoms with van der Waals surface area (Å²) in [6.07, 6.45) is 7.32. The number of hydrogen-bond acceptors (Lipinski definition) is 8. The van der Waals surface area contributed by atoms with E-state index in [0.29, 0.717) is 40.2 Å². The quantitative estimate of drug-likeness (QED) is 0.118. The zero-order valence-corrected chi connectivity index (χ0v) is 29.7. The zero-order valence-electron chi connectivity index (χ0n) is 29.7. The molecule has 2 fully saturated rings. The number of amides is 3. The maximum Gasteiger partial charge on any atom is 0.319 e. The molecule has 2 aliphatic heterocycles. The van der Waals surface area contributed by atoms with Gasteiger partial charge in [0.15, 0.2) is 11.5 Å². The van der Waals surface area contributed by atoms with Crippen LogP contribution in [0.3, 0.4) is 0 Å². The van der Waals surface area contributed by atoms with Crippen molar-refractivity contribution in [1.82, 2.24) is 15.5 Å². The largest absolute Gasteiger partial charge is 0.493 e. The molecule has 0 atom stereocenters. The van der Waals surface area contributed by atoms with E-state index in [2.05, 4.69) is 26.2 Å². The highest BCUT2D eigenvalue weighted by atomic mass is 16.5. The molecule has 0 bridgehead atoms. The first-order valence-electron chi connectivity index (χ1n) is 18.1. The van der Waals surface area contributed by atoms with E-state index in [1.54, 1.807) is 61.7 Å². The fourth-order valence-corrected chi connectivity index (χ4v) is 6.25. The summed E-state index contributed by atoms with van der Waals surface area (Å²) >= 11 is 0. The Balaban J connectivity index is 1.03. The van der Waals surface area contributed by atoms with Gasteiger partial charge in [-0.2, -0.15) is 0 Å². The van der Waals surface area contributed by atoms with E-state index >= 15 is 0 Å². The van der Waals surface area contributed by atoms with Crippen LogP contribution in [0.5, 0.6) is 23.0 Å². The van der Waals surface area contributed by atoms with Gasteiger partial charge in [-0.25, -0.2) is 4.79 Å². The van der Waals surface area contributed by atoms with Crippen molar-refractivity contribution < 1.29 is 28.5 Å². The van der Waals surface area contributed by atoms with E-state index in [1.807, 2.05) is 26.0 Å². The Morgan fingerprint density at radius 3 is 2.20 bits per heavy atom. The number of nitrogens with one attached hydrogen (secondary N) is 4. The molecule has 3 aromatic carbocycles. The van der Waals surface area contributed by atoms with Crippen LogP contribution in [0.25, 0.3) is 0 Å². The molecule has 0 aliphatic carbocycles. The molecule has 0 radical (unpaired) electrons. The van der Waals surface area contributed by atoms with E-state index < -0.39 is 0 Å². The smallest absolute Gasteiger partial charge is 0.319 e. The van der Waals surface area contributed by atoms with Gasteiger partial charge in [-0.05, 0) is 119 Å². The van der Waals surface area contributed by atoms with Crippen LogP contribution >= 0.6 is 0 Å². The predicted octanol–water partition coefficient (Wildman–Crippen LogP) is 7.05. The topological polar surface area (TPSA) is 122 Å². The lowest BCUT2D eigenvalue weighted by molar-refractivity contribution is 0.0769. The number of ether oxygens (including phenoxy) is 4. The number of methoxy groups -OCH3 is 1. The average Bonchev–Trinajstić information content (AvgIpc) is 3.15. The first kappa shape index (κ1) is 36.9. The first-order chi connectivity index (χ1) is 24.4. The van der Waals surface area contributed by atoms with Crippen molar-refractivity contribution in [3.8, 4) is 23.0 Å². The number of piperidine rings is 1. The lowest BCUT2D eigenvalue weighted by Gasteiger charge is -2.32. The lowest BCUT2D eigenvalue weighted by atomic mass is 10.1. The van der Waals surface area contributed by atoms with Gasteiger partial charge in [-0.15, -0.1) is 0 Å². The molecule has 2 heterocycles. The number of benzene rings is 3. The Labute approximate surface area is 296 Å². The van der Waals surface area contributed by atoms with Gasteiger partial charge in [0.05, 0.1) is 7.11 Å². The molecule has 5 rings (SSSR count). The summed E-state index contributed by atoms with van der Waals surface area (Å²) < 4.78 is 23.2. The molecule has 3 aromatic rings. The Morgan fingerprint density at radius 2 is 1.52 bits per heavy atom. The Bertz CT molecular complexity index is 1480. The van der Waals surface area contributed by atoms with Gasteiger partial charge in [0.2, 0.25) is 0 Å². The Kier molecular flexibility index (Phi) is 14.2. The maximum absolute atomic E-state index is 13.0. The summed E-state index contributed by atoms with van der Waals surface area (Å²) in [6.45, 7) is 10.1. The van der Waals surface area contributed by atoms with E-state index in [0.717, 1.165) is 90.1 Å². The molecule has 11 heteroatoms. The van der Waals surface area contributed by atoms with E-state index in [4.69, 9.17) is 18.9 Å². The molecular formula is C39H53N5O6. The highest BCUT2D eigenvalue weighted by Crippen LogP contribution is 2.34. The standard InChI is InChI=1S/C39H53N5O6/c1-4-29(5-2)42-39(46)43-32-11-16-36(37(27-32)47-3)50-34-14-9-31(10-15-34)41-38(45)28-7-12-33(13-8-28)49-35-17-23-44(24-18-35)22-6-21-40-30-19-25-48-26-20-30/h7-16,27,29-30,35,40H,4-6,17-26H2,1-3H3,(H,41,45)(H2,42,43,46). The van der Waals surface area contributed by atoms with Gasteiger partial charge in [-0.3, -0.25) is 4.79 Å². The molecule has 270 valence electrons. The Morgan fingerprint density at radius 1 is 0.840 bits per heavy atom. The van der Waals surface area contributed by atoms with Crippen LogP contribution in [0.1, 0.15) is 69.2 Å². The molecule has 0 unspecified atom stereocenters. The summed E-state index contributed by atoms with van der Waals surface area (Å²) in [7, 11) is 1.55. The van der Waals surface area contributed by atoms with Crippen LogP contribution in [0.2, 0.25) is 0 Å². The van der Waals surface area contributed by atoms with Gasteiger partial charge in [0.1, 0.15) is 17.6 Å². The van der Waals surface area contributed by atoms with Crippen molar-refractivity contribution in [2.24, 2.45) is 0 Å². The highest BCUT2D eigenvalue weighted by molar-refractivity contribution is 6.04. The molecule has 2 saturated heterocycles. The minimum atomic E-state index is -0.261. The van der Waals surface area contributed by atoms with Crippen LogP contribution in [0, 0.1) is 0 Å². The number of rotatable bonds is 16. The summed E-state index contributed by atoms with van der Waals surface area (Å²) in [5, 5.41) is 12.4. The SMILES string of the molecule is CCC(CC)NC(=O)Nc1ccc(Oc2ccc(NC(=O)c3ccc(OC4CCN(CCCNC5CCOCC5)CC4)cc3)cc2)c(OC)c1. The predicted molar refractivity (Wildman–Crippen MR) is 197 cm³/mol. The monoisotopic (exact) mass is 687 g/mol. The maximum atomic E-state index is 13.0. The van der Waals surface area contributed by atoms with Crippen LogP contribution in [0.15, 0.2) is 66.7 Å². The molecule has 3 amide bonds.